The first-order valence-corrected chi connectivity index (χ1v) is 15.3. The molecule has 3 aliphatic heterocycles. The zero-order valence-corrected chi connectivity index (χ0v) is 24.5. The van der Waals surface area contributed by atoms with Crippen molar-refractivity contribution in [1.82, 2.24) is 14.8 Å². The molecule has 4 heterocycles. The molecule has 0 unspecified atom stereocenters. The molecule has 3 saturated heterocycles. The lowest BCUT2D eigenvalue weighted by Crippen LogP contribution is -2.47. The summed E-state index contributed by atoms with van der Waals surface area (Å²) in [6.07, 6.45) is 8.96. The fourth-order valence-corrected chi connectivity index (χ4v) is 8.09. The number of primary amides is 1. The zero-order chi connectivity index (χ0) is 28.9. The predicted molar refractivity (Wildman–Crippen MR) is 158 cm³/mol. The molecule has 10 heteroatoms. The second-order valence-electron chi connectivity index (χ2n) is 12.2. The Bertz CT molecular complexity index is 1400. The number of nitrogens with zero attached hydrogens (tertiary/aromatic N) is 4. The number of carbonyl (C=O) groups is 3. The first-order chi connectivity index (χ1) is 19.7. The van der Waals surface area contributed by atoms with Crippen LogP contribution in [0.2, 0.25) is 0 Å². The van der Waals surface area contributed by atoms with Gasteiger partial charge in [0.2, 0.25) is 11.8 Å². The molecule has 41 heavy (non-hydrogen) atoms. The number of aromatic nitrogens is 1. The number of hydrogen-bond donors (Lipinski definition) is 1. The van der Waals surface area contributed by atoms with Gasteiger partial charge in [-0.2, -0.15) is 0 Å². The Labute approximate surface area is 245 Å². The van der Waals surface area contributed by atoms with Crippen molar-refractivity contribution in [3.8, 4) is 23.6 Å². The number of fused-ring (bicyclic) bond motifs is 1. The Morgan fingerprint density at radius 2 is 1.95 bits per heavy atom. The van der Waals surface area contributed by atoms with E-state index < -0.39 is 29.4 Å². The molecule has 4 fully saturated rings. The number of benzene rings is 1. The number of terminal acetylenes is 1. The third-order valence-corrected chi connectivity index (χ3v) is 10.5. The third kappa shape index (κ3) is 4.94. The molecular formula is C31H37N5O4S. The summed E-state index contributed by atoms with van der Waals surface area (Å²) in [7, 11) is 2.12. The van der Waals surface area contributed by atoms with E-state index in [-0.39, 0.29) is 30.8 Å². The summed E-state index contributed by atoms with van der Waals surface area (Å²) in [6, 6.07) is 4.82. The molecule has 1 aromatic carbocycles. The molecular weight excluding hydrogens is 538 g/mol. The van der Waals surface area contributed by atoms with Crippen LogP contribution in [-0.4, -0.2) is 90.9 Å². The van der Waals surface area contributed by atoms with Gasteiger partial charge in [-0.05, 0) is 43.0 Å². The number of likely N-dealkylation sites (N-methyl/N-ethyl adjacent to an activating group) is 1. The highest BCUT2D eigenvalue weighted by atomic mass is 32.1. The number of piperazine rings is 1. The van der Waals surface area contributed by atoms with E-state index in [1.54, 1.807) is 22.3 Å². The van der Waals surface area contributed by atoms with Crippen LogP contribution in [0.4, 0.5) is 5.13 Å². The van der Waals surface area contributed by atoms with Gasteiger partial charge >= 0.3 is 0 Å². The summed E-state index contributed by atoms with van der Waals surface area (Å²) < 4.78 is 5.73. The lowest BCUT2D eigenvalue weighted by molar-refractivity contribution is -0.140. The summed E-state index contributed by atoms with van der Waals surface area (Å²) in [5.74, 6) is 0.834. The lowest BCUT2D eigenvalue weighted by Gasteiger charge is -2.38. The number of rotatable bonds is 6. The molecule has 0 bridgehead atoms. The molecule has 0 spiro atoms. The molecule has 2 aromatic rings. The summed E-state index contributed by atoms with van der Waals surface area (Å²) in [5.41, 5.74) is 8.08. The van der Waals surface area contributed by atoms with Gasteiger partial charge in [0.05, 0.1) is 17.5 Å². The SMILES string of the molecule is C#C[C@@H]1CN(C(=O)[C@H](c2cc(-c3csc(N4CCN(C)CC4)n3)ccc2C(N)=O)C2(C)CCCC2)[C@@H]2C(=O)CO[C@H]12. The van der Waals surface area contributed by atoms with E-state index in [9.17, 15) is 14.4 Å². The van der Waals surface area contributed by atoms with Crippen molar-refractivity contribution in [3.63, 3.8) is 0 Å². The average molecular weight is 576 g/mol. The van der Waals surface area contributed by atoms with Gasteiger partial charge in [0.1, 0.15) is 18.8 Å². The fourth-order valence-electron chi connectivity index (χ4n) is 7.20. The molecule has 9 nitrogen and oxygen atoms in total. The molecule has 4 aliphatic rings. The predicted octanol–water partition coefficient (Wildman–Crippen LogP) is 2.75. The Morgan fingerprint density at radius 1 is 1.22 bits per heavy atom. The molecule has 1 aromatic heterocycles. The maximum atomic E-state index is 14.6. The Balaban J connectivity index is 1.40. The van der Waals surface area contributed by atoms with Crippen LogP contribution in [0, 0.1) is 23.7 Å². The normalized spacial score (nSPS) is 26.7. The van der Waals surface area contributed by atoms with Gasteiger partial charge in [-0.1, -0.05) is 31.8 Å². The van der Waals surface area contributed by atoms with E-state index in [1.165, 1.54) is 0 Å². The van der Waals surface area contributed by atoms with Gasteiger partial charge in [-0.3, -0.25) is 14.4 Å². The topological polar surface area (TPSA) is 109 Å². The lowest BCUT2D eigenvalue weighted by atomic mass is 9.69. The van der Waals surface area contributed by atoms with Gasteiger partial charge in [0.25, 0.3) is 0 Å². The van der Waals surface area contributed by atoms with Gasteiger partial charge in [-0.25, -0.2) is 4.98 Å². The van der Waals surface area contributed by atoms with Crippen molar-refractivity contribution in [2.45, 2.75) is 50.7 Å². The maximum absolute atomic E-state index is 14.6. The van der Waals surface area contributed by atoms with Gasteiger partial charge in [-0.15, -0.1) is 17.8 Å². The number of nitrogens with two attached hydrogens (primary N) is 1. The summed E-state index contributed by atoms with van der Waals surface area (Å²) in [5, 5.41) is 2.99. The molecule has 2 amide bonds. The number of amides is 2. The van der Waals surface area contributed by atoms with E-state index in [0.29, 0.717) is 11.1 Å². The van der Waals surface area contributed by atoms with E-state index in [1.807, 2.05) is 17.5 Å². The highest BCUT2D eigenvalue weighted by molar-refractivity contribution is 7.14. The Morgan fingerprint density at radius 3 is 2.63 bits per heavy atom. The minimum Gasteiger partial charge on any atom is -0.366 e. The number of anilines is 1. The second-order valence-corrected chi connectivity index (χ2v) is 13.1. The molecule has 4 atom stereocenters. The second kappa shape index (κ2) is 10.9. The van der Waals surface area contributed by atoms with Crippen molar-refractivity contribution in [2.24, 2.45) is 17.1 Å². The van der Waals surface area contributed by atoms with Gasteiger partial charge < -0.3 is 25.2 Å². The quantitative estimate of drug-likeness (QED) is 0.528. The monoisotopic (exact) mass is 575 g/mol. The first kappa shape index (κ1) is 27.9. The van der Waals surface area contributed by atoms with Crippen molar-refractivity contribution in [3.05, 3.63) is 34.7 Å². The Kier molecular flexibility index (Phi) is 7.39. The Hall–Kier alpha value is -3.26. The summed E-state index contributed by atoms with van der Waals surface area (Å²) in [4.78, 5) is 51.5. The largest absolute Gasteiger partial charge is 0.366 e. The van der Waals surface area contributed by atoms with Crippen LogP contribution in [0.25, 0.3) is 11.3 Å². The number of Topliss-reactive ketones (excluding diaryl/α,β-unsaturated/α-hetero) is 1. The summed E-state index contributed by atoms with van der Waals surface area (Å²) in [6.45, 7) is 6.15. The zero-order valence-electron chi connectivity index (χ0n) is 23.7. The third-order valence-electron chi connectivity index (χ3n) is 9.56. The van der Waals surface area contributed by atoms with Crippen LogP contribution < -0.4 is 10.6 Å². The van der Waals surface area contributed by atoms with E-state index in [4.69, 9.17) is 21.9 Å². The van der Waals surface area contributed by atoms with Crippen molar-refractivity contribution in [2.75, 3.05) is 51.3 Å². The first-order valence-electron chi connectivity index (χ1n) is 14.4. The van der Waals surface area contributed by atoms with E-state index in [2.05, 4.69) is 29.7 Å². The van der Waals surface area contributed by atoms with Gasteiger partial charge in [0, 0.05) is 49.2 Å². The number of ether oxygens (including phenoxy) is 1. The number of carbonyl (C=O) groups excluding carboxylic acids is 3. The molecule has 0 radical (unpaired) electrons. The minimum absolute atomic E-state index is 0.0410. The maximum Gasteiger partial charge on any atom is 0.249 e. The highest BCUT2D eigenvalue weighted by Crippen LogP contribution is 2.51. The van der Waals surface area contributed by atoms with Crippen LogP contribution in [0.15, 0.2) is 23.6 Å². The van der Waals surface area contributed by atoms with Crippen LogP contribution >= 0.6 is 11.3 Å². The minimum atomic E-state index is -0.694. The number of hydrogen-bond acceptors (Lipinski definition) is 8. The standard InChI is InChI=1S/C31H37N5O4S/c1-4-19-16-36(26-24(37)17-40-27(19)26)29(39)25(31(2)9-5-6-10-31)22-15-20(7-8-21(22)28(32)38)23-18-41-30(33-23)35-13-11-34(3)12-14-35/h1,7-8,15,18-19,25-27H,5-6,9-14,16-17H2,2-3H3,(H2,32,38)/t19-,25+,26-,27-/m1/s1. The summed E-state index contributed by atoms with van der Waals surface area (Å²) >= 11 is 1.60. The van der Waals surface area contributed by atoms with Gasteiger partial charge in [0.15, 0.2) is 10.9 Å². The van der Waals surface area contributed by atoms with Crippen molar-refractivity contribution < 1.29 is 19.1 Å². The molecule has 2 N–H and O–H groups in total. The average Bonchev–Trinajstić information content (AvgIpc) is 3.75. The molecule has 6 rings (SSSR count). The van der Waals surface area contributed by atoms with Crippen LogP contribution in [0.3, 0.4) is 0 Å². The number of likely N-dealkylation sites (tertiary alicyclic amines) is 1. The molecule has 1 aliphatic carbocycles. The van der Waals surface area contributed by atoms with Crippen molar-refractivity contribution in [1.29, 1.82) is 0 Å². The number of thiazole rings is 1. The molecule has 1 saturated carbocycles. The molecule has 216 valence electrons. The fraction of sp³-hybridized carbons (Fsp3) is 0.548. The van der Waals surface area contributed by atoms with E-state index >= 15 is 0 Å². The van der Waals surface area contributed by atoms with Crippen LogP contribution in [-0.2, 0) is 14.3 Å². The van der Waals surface area contributed by atoms with E-state index in [0.717, 1.165) is 68.3 Å². The van der Waals surface area contributed by atoms with Crippen LogP contribution in [0.5, 0.6) is 0 Å². The smallest absolute Gasteiger partial charge is 0.249 e. The highest BCUT2D eigenvalue weighted by Gasteiger charge is 2.55. The van der Waals surface area contributed by atoms with Crippen molar-refractivity contribution >= 4 is 34.1 Å². The van der Waals surface area contributed by atoms with Crippen LogP contribution in [0.1, 0.15) is 54.4 Å². The number of ketones is 1.